The molecule has 0 radical (unpaired) electrons. The molecule has 3 rings (SSSR count). The molecular formula is C15H22N2. The molecule has 2 unspecified atom stereocenters. The van der Waals surface area contributed by atoms with Crippen LogP contribution in [0, 0.1) is 0 Å². The Balaban J connectivity index is 1.93. The predicted molar refractivity (Wildman–Crippen MR) is 71.1 cm³/mol. The Morgan fingerprint density at radius 1 is 1.00 bits per heavy atom. The third-order valence-electron chi connectivity index (χ3n) is 4.23. The Labute approximate surface area is 104 Å². The van der Waals surface area contributed by atoms with Crippen molar-refractivity contribution in [2.24, 2.45) is 0 Å². The van der Waals surface area contributed by atoms with E-state index in [1.54, 1.807) is 11.1 Å². The average Bonchev–Trinajstić information content (AvgIpc) is 2.35. The van der Waals surface area contributed by atoms with Crippen molar-refractivity contribution in [1.29, 1.82) is 0 Å². The van der Waals surface area contributed by atoms with Crippen molar-refractivity contribution < 1.29 is 0 Å². The Morgan fingerprint density at radius 2 is 1.65 bits per heavy atom. The van der Waals surface area contributed by atoms with Crippen molar-refractivity contribution in [1.82, 2.24) is 10.6 Å². The van der Waals surface area contributed by atoms with E-state index in [9.17, 15) is 0 Å². The van der Waals surface area contributed by atoms with Crippen molar-refractivity contribution in [2.75, 3.05) is 0 Å². The van der Waals surface area contributed by atoms with Crippen LogP contribution in [0.3, 0.4) is 0 Å². The molecule has 2 nitrogen and oxygen atoms in total. The molecule has 2 aliphatic rings. The van der Waals surface area contributed by atoms with Gasteiger partial charge in [-0.05, 0) is 48.4 Å². The van der Waals surface area contributed by atoms with E-state index in [1.165, 1.54) is 30.4 Å². The monoisotopic (exact) mass is 230 g/mol. The lowest BCUT2D eigenvalue weighted by Crippen LogP contribution is -2.37. The van der Waals surface area contributed by atoms with Gasteiger partial charge in [0.05, 0.1) is 0 Å². The van der Waals surface area contributed by atoms with Gasteiger partial charge in [-0.1, -0.05) is 19.1 Å². The van der Waals surface area contributed by atoms with Crippen molar-refractivity contribution in [3.05, 3.63) is 34.4 Å². The van der Waals surface area contributed by atoms with E-state index in [2.05, 4.69) is 36.6 Å². The molecule has 0 aliphatic carbocycles. The minimum Gasteiger partial charge on any atom is -0.310 e. The molecule has 2 atom stereocenters. The van der Waals surface area contributed by atoms with Crippen LogP contribution < -0.4 is 10.6 Å². The van der Waals surface area contributed by atoms with Gasteiger partial charge < -0.3 is 10.6 Å². The number of hydrogen-bond acceptors (Lipinski definition) is 2. The summed E-state index contributed by atoms with van der Waals surface area (Å²) in [5, 5.41) is 7.16. The molecule has 0 bridgehead atoms. The van der Waals surface area contributed by atoms with Gasteiger partial charge in [0.2, 0.25) is 0 Å². The second kappa shape index (κ2) is 4.43. The third kappa shape index (κ3) is 2.12. The second-order valence-electron chi connectivity index (χ2n) is 5.57. The summed E-state index contributed by atoms with van der Waals surface area (Å²) < 4.78 is 0. The molecule has 0 aromatic heterocycles. The molecule has 1 aromatic rings. The molecule has 0 amide bonds. The molecule has 2 N–H and O–H groups in total. The van der Waals surface area contributed by atoms with Crippen LogP contribution in [0.4, 0.5) is 0 Å². The van der Waals surface area contributed by atoms with Crippen LogP contribution in [0.25, 0.3) is 0 Å². The summed E-state index contributed by atoms with van der Waals surface area (Å²) in [7, 11) is 0. The van der Waals surface area contributed by atoms with E-state index in [4.69, 9.17) is 0 Å². The van der Waals surface area contributed by atoms with Crippen LogP contribution in [0.2, 0.25) is 0 Å². The lowest BCUT2D eigenvalue weighted by molar-refractivity contribution is 0.463. The highest BCUT2D eigenvalue weighted by atomic mass is 14.9. The van der Waals surface area contributed by atoms with Crippen LogP contribution in [0.15, 0.2) is 12.1 Å². The molecule has 92 valence electrons. The molecular weight excluding hydrogens is 208 g/mol. The van der Waals surface area contributed by atoms with E-state index in [0.717, 1.165) is 13.1 Å². The molecule has 1 aromatic carbocycles. The summed E-state index contributed by atoms with van der Waals surface area (Å²) in [4.78, 5) is 0. The Hall–Kier alpha value is -0.860. The maximum atomic E-state index is 3.62. The maximum absolute atomic E-state index is 3.62. The zero-order valence-electron chi connectivity index (χ0n) is 10.8. The van der Waals surface area contributed by atoms with Gasteiger partial charge >= 0.3 is 0 Å². The number of hydrogen-bond donors (Lipinski definition) is 2. The van der Waals surface area contributed by atoms with Gasteiger partial charge in [0.25, 0.3) is 0 Å². The molecule has 0 saturated carbocycles. The largest absolute Gasteiger partial charge is 0.310 e. The number of fused-ring (bicyclic) bond motifs is 2. The van der Waals surface area contributed by atoms with E-state index in [0.29, 0.717) is 12.1 Å². The zero-order valence-corrected chi connectivity index (χ0v) is 10.8. The molecule has 0 spiro atoms. The number of benzene rings is 1. The topological polar surface area (TPSA) is 24.1 Å². The second-order valence-corrected chi connectivity index (χ2v) is 5.57. The van der Waals surface area contributed by atoms with E-state index in [-0.39, 0.29) is 0 Å². The zero-order chi connectivity index (χ0) is 11.8. The van der Waals surface area contributed by atoms with Gasteiger partial charge in [-0.15, -0.1) is 0 Å². The molecule has 17 heavy (non-hydrogen) atoms. The maximum Gasteiger partial charge on any atom is 0.0211 e. The summed E-state index contributed by atoms with van der Waals surface area (Å²) in [6.45, 7) is 6.64. The normalized spacial score (nSPS) is 27.4. The minimum atomic E-state index is 0.629. The molecule has 2 heterocycles. The first kappa shape index (κ1) is 11.2. The highest BCUT2D eigenvalue weighted by molar-refractivity contribution is 5.41. The third-order valence-corrected chi connectivity index (χ3v) is 4.23. The van der Waals surface area contributed by atoms with Crippen LogP contribution >= 0.6 is 0 Å². The molecule has 2 heteroatoms. The van der Waals surface area contributed by atoms with Gasteiger partial charge in [-0.25, -0.2) is 0 Å². The fourth-order valence-electron chi connectivity index (χ4n) is 3.07. The SMILES string of the molecule is CCC1Cc2cc3c(cc2CN1)CNC(C)C3. The van der Waals surface area contributed by atoms with Gasteiger partial charge in [0, 0.05) is 25.2 Å². The molecule has 0 saturated heterocycles. The Kier molecular flexibility index (Phi) is 2.93. The van der Waals surface area contributed by atoms with Crippen molar-refractivity contribution in [3.63, 3.8) is 0 Å². The summed E-state index contributed by atoms with van der Waals surface area (Å²) in [5.74, 6) is 0. The lowest BCUT2D eigenvalue weighted by Gasteiger charge is -2.30. The molecule has 0 fully saturated rings. The molecule has 2 aliphatic heterocycles. The predicted octanol–water partition coefficient (Wildman–Crippen LogP) is 2.15. The van der Waals surface area contributed by atoms with Gasteiger partial charge in [0.15, 0.2) is 0 Å². The fourth-order valence-corrected chi connectivity index (χ4v) is 3.07. The highest BCUT2D eigenvalue weighted by Crippen LogP contribution is 2.25. The van der Waals surface area contributed by atoms with Crippen LogP contribution in [0.1, 0.15) is 42.5 Å². The van der Waals surface area contributed by atoms with Crippen LogP contribution in [-0.2, 0) is 25.9 Å². The van der Waals surface area contributed by atoms with Crippen molar-refractivity contribution in [3.8, 4) is 0 Å². The minimum absolute atomic E-state index is 0.629. The lowest BCUT2D eigenvalue weighted by atomic mass is 9.87. The average molecular weight is 230 g/mol. The van der Waals surface area contributed by atoms with E-state index >= 15 is 0 Å². The number of nitrogens with one attached hydrogen (secondary N) is 2. The fraction of sp³-hybridized carbons (Fsp3) is 0.600. The van der Waals surface area contributed by atoms with E-state index in [1.807, 2.05) is 0 Å². The summed E-state index contributed by atoms with van der Waals surface area (Å²) >= 11 is 0. The van der Waals surface area contributed by atoms with Gasteiger partial charge in [-0.3, -0.25) is 0 Å². The van der Waals surface area contributed by atoms with Crippen molar-refractivity contribution >= 4 is 0 Å². The first-order valence-corrected chi connectivity index (χ1v) is 6.86. The number of rotatable bonds is 1. The van der Waals surface area contributed by atoms with Crippen molar-refractivity contribution in [2.45, 2.75) is 58.3 Å². The van der Waals surface area contributed by atoms with Gasteiger partial charge in [-0.2, -0.15) is 0 Å². The van der Waals surface area contributed by atoms with Gasteiger partial charge in [0.1, 0.15) is 0 Å². The summed E-state index contributed by atoms with van der Waals surface area (Å²) in [6, 6.07) is 6.21. The quantitative estimate of drug-likeness (QED) is 0.772. The summed E-state index contributed by atoms with van der Waals surface area (Å²) in [6.07, 6.45) is 3.63. The van der Waals surface area contributed by atoms with Crippen LogP contribution in [-0.4, -0.2) is 12.1 Å². The highest BCUT2D eigenvalue weighted by Gasteiger charge is 2.21. The Bertz CT molecular complexity index is 425. The Morgan fingerprint density at radius 3 is 2.41 bits per heavy atom. The van der Waals surface area contributed by atoms with Crippen LogP contribution in [0.5, 0.6) is 0 Å². The van der Waals surface area contributed by atoms with E-state index < -0.39 is 0 Å². The smallest absolute Gasteiger partial charge is 0.0211 e. The first-order chi connectivity index (χ1) is 8.26. The first-order valence-electron chi connectivity index (χ1n) is 6.86. The summed E-state index contributed by atoms with van der Waals surface area (Å²) in [5.41, 5.74) is 6.19. The standard InChI is InChI=1S/C15H22N2/c1-3-15-7-12-5-11-4-10(2)16-8-13(11)6-14(12)9-17-15/h5-6,10,15-17H,3-4,7-9H2,1-2H3.